The Labute approximate surface area is 160 Å². The summed E-state index contributed by atoms with van der Waals surface area (Å²) >= 11 is 3.23. The van der Waals surface area contributed by atoms with Gasteiger partial charge in [-0.2, -0.15) is 0 Å². The first-order valence-electron chi connectivity index (χ1n) is 7.73. The zero-order chi connectivity index (χ0) is 18.9. The summed E-state index contributed by atoms with van der Waals surface area (Å²) in [4.78, 5) is 12.6. The van der Waals surface area contributed by atoms with Crippen molar-refractivity contribution >= 4 is 42.7 Å². The number of nitrogens with zero attached hydrogens (tertiary/aromatic N) is 1. The second kappa shape index (κ2) is 7.19. The summed E-state index contributed by atoms with van der Waals surface area (Å²) in [5.74, 6) is -0.197. The third-order valence-corrected chi connectivity index (χ3v) is 6.69. The van der Waals surface area contributed by atoms with Gasteiger partial charge in [0.05, 0.1) is 10.5 Å². The maximum atomic E-state index is 12.6. The van der Waals surface area contributed by atoms with Crippen LogP contribution in [0.4, 0.5) is 0 Å². The molecule has 0 saturated carbocycles. The Morgan fingerprint density at radius 3 is 2.42 bits per heavy atom. The number of rotatable bonds is 4. The van der Waals surface area contributed by atoms with Crippen molar-refractivity contribution in [2.75, 3.05) is 14.1 Å². The van der Waals surface area contributed by atoms with Crippen molar-refractivity contribution < 1.29 is 17.9 Å². The molecule has 0 spiro atoms. The van der Waals surface area contributed by atoms with Crippen LogP contribution in [0.1, 0.15) is 10.4 Å². The van der Waals surface area contributed by atoms with Crippen molar-refractivity contribution in [2.45, 2.75) is 4.90 Å². The summed E-state index contributed by atoms with van der Waals surface area (Å²) in [5.41, 5.74) is 0.154. The Balaban J connectivity index is 1.98. The van der Waals surface area contributed by atoms with Crippen molar-refractivity contribution in [1.82, 2.24) is 4.31 Å². The molecule has 0 atom stereocenters. The molecule has 0 radical (unpaired) electrons. The largest absolute Gasteiger partial charge is 0.422 e. The molecule has 0 unspecified atom stereocenters. The summed E-state index contributed by atoms with van der Waals surface area (Å²) in [6, 6.07) is 17.3. The predicted molar refractivity (Wildman–Crippen MR) is 104 cm³/mol. The first-order valence-corrected chi connectivity index (χ1v) is 9.96. The van der Waals surface area contributed by atoms with E-state index < -0.39 is 16.0 Å². The Morgan fingerprint density at radius 2 is 1.69 bits per heavy atom. The van der Waals surface area contributed by atoms with Crippen LogP contribution in [0, 0.1) is 0 Å². The molecule has 7 heteroatoms. The molecule has 0 fully saturated rings. The van der Waals surface area contributed by atoms with Gasteiger partial charge in [0, 0.05) is 24.0 Å². The van der Waals surface area contributed by atoms with Gasteiger partial charge >= 0.3 is 5.97 Å². The van der Waals surface area contributed by atoms with Crippen LogP contribution in [0.3, 0.4) is 0 Å². The van der Waals surface area contributed by atoms with Crippen LogP contribution in [0.5, 0.6) is 5.75 Å². The molecule has 134 valence electrons. The molecule has 0 bridgehead atoms. The van der Waals surface area contributed by atoms with Gasteiger partial charge in [-0.15, -0.1) is 0 Å². The highest BCUT2D eigenvalue weighted by Crippen LogP contribution is 2.28. The van der Waals surface area contributed by atoms with Crippen molar-refractivity contribution in [1.29, 1.82) is 0 Å². The van der Waals surface area contributed by atoms with E-state index in [1.165, 1.54) is 32.3 Å². The van der Waals surface area contributed by atoms with Crippen LogP contribution >= 0.6 is 15.9 Å². The fourth-order valence-corrected chi connectivity index (χ4v) is 4.31. The van der Waals surface area contributed by atoms with E-state index in [4.69, 9.17) is 4.74 Å². The van der Waals surface area contributed by atoms with Gasteiger partial charge in [0.1, 0.15) is 5.75 Å². The maximum Gasteiger partial charge on any atom is 0.343 e. The van der Waals surface area contributed by atoms with Gasteiger partial charge in [0.15, 0.2) is 0 Å². The fourth-order valence-electron chi connectivity index (χ4n) is 2.47. The monoisotopic (exact) mass is 433 g/mol. The summed E-state index contributed by atoms with van der Waals surface area (Å²) in [6.45, 7) is 0. The summed E-state index contributed by atoms with van der Waals surface area (Å²) in [5, 5.41) is 1.76. The molecule has 3 aromatic rings. The van der Waals surface area contributed by atoms with Gasteiger partial charge in [-0.1, -0.05) is 36.4 Å². The predicted octanol–water partition coefficient (Wildman–Crippen LogP) is 4.07. The summed E-state index contributed by atoms with van der Waals surface area (Å²) < 4.78 is 31.8. The Morgan fingerprint density at radius 1 is 1.00 bits per heavy atom. The number of carbonyl (C=O) groups excluding carboxylic acids is 1. The lowest BCUT2D eigenvalue weighted by Gasteiger charge is -2.14. The van der Waals surface area contributed by atoms with Gasteiger partial charge in [-0.05, 0) is 45.6 Å². The standard InChI is InChI=1S/C19H16BrNO4S/c1-21(2)26(23,24)18-12-14(10-11-16(18)20)19(22)25-17-9-5-7-13-6-3-4-8-15(13)17/h3-12H,1-2H3. The quantitative estimate of drug-likeness (QED) is 0.459. The van der Waals surface area contributed by atoms with E-state index in [0.29, 0.717) is 10.2 Å². The van der Waals surface area contributed by atoms with E-state index in [-0.39, 0.29) is 10.5 Å². The second-order valence-corrected chi connectivity index (χ2v) is 8.77. The van der Waals surface area contributed by atoms with Crippen molar-refractivity contribution in [3.05, 3.63) is 70.7 Å². The zero-order valence-electron chi connectivity index (χ0n) is 14.1. The molecule has 0 amide bonds. The van der Waals surface area contributed by atoms with Crippen LogP contribution in [0.2, 0.25) is 0 Å². The maximum absolute atomic E-state index is 12.6. The minimum atomic E-state index is -3.69. The summed E-state index contributed by atoms with van der Waals surface area (Å²) in [7, 11) is -0.826. The van der Waals surface area contributed by atoms with E-state index >= 15 is 0 Å². The number of carbonyl (C=O) groups is 1. The smallest absolute Gasteiger partial charge is 0.343 e. The highest BCUT2D eigenvalue weighted by molar-refractivity contribution is 9.10. The highest BCUT2D eigenvalue weighted by atomic mass is 79.9. The average Bonchev–Trinajstić information content (AvgIpc) is 2.62. The van der Waals surface area contributed by atoms with Crippen LogP contribution < -0.4 is 4.74 Å². The molecule has 26 heavy (non-hydrogen) atoms. The van der Waals surface area contributed by atoms with Crippen molar-refractivity contribution in [2.24, 2.45) is 0 Å². The molecular weight excluding hydrogens is 418 g/mol. The van der Waals surface area contributed by atoms with E-state index in [2.05, 4.69) is 15.9 Å². The number of hydrogen-bond acceptors (Lipinski definition) is 4. The van der Waals surface area contributed by atoms with Gasteiger partial charge in [0.2, 0.25) is 10.0 Å². The molecule has 3 rings (SSSR count). The van der Waals surface area contributed by atoms with Crippen molar-refractivity contribution in [3.8, 4) is 5.75 Å². The minimum absolute atomic E-state index is 0.00914. The molecule has 0 aromatic heterocycles. The molecular formula is C19H16BrNO4S. The Hall–Kier alpha value is -2.22. The molecule has 0 heterocycles. The van der Waals surface area contributed by atoms with Gasteiger partial charge in [0.25, 0.3) is 0 Å². The van der Waals surface area contributed by atoms with E-state index in [1.807, 2.05) is 30.3 Å². The molecule has 0 N–H and O–H groups in total. The number of sulfonamides is 1. The van der Waals surface area contributed by atoms with E-state index in [9.17, 15) is 13.2 Å². The Bertz CT molecular complexity index is 1090. The number of hydrogen-bond donors (Lipinski definition) is 0. The third kappa shape index (κ3) is 3.51. The lowest BCUT2D eigenvalue weighted by atomic mass is 10.1. The summed E-state index contributed by atoms with van der Waals surface area (Å²) in [6.07, 6.45) is 0. The third-order valence-electron chi connectivity index (χ3n) is 3.88. The molecule has 5 nitrogen and oxygen atoms in total. The lowest BCUT2D eigenvalue weighted by Crippen LogP contribution is -2.23. The van der Waals surface area contributed by atoms with Crippen LogP contribution in [0.25, 0.3) is 10.8 Å². The van der Waals surface area contributed by atoms with Gasteiger partial charge in [-0.3, -0.25) is 0 Å². The second-order valence-electron chi connectivity index (χ2n) is 5.80. The van der Waals surface area contributed by atoms with Gasteiger partial charge in [-0.25, -0.2) is 17.5 Å². The van der Waals surface area contributed by atoms with Crippen molar-refractivity contribution in [3.63, 3.8) is 0 Å². The highest BCUT2D eigenvalue weighted by Gasteiger charge is 2.23. The molecule has 0 aliphatic carbocycles. The van der Waals surface area contributed by atoms with E-state index in [1.54, 1.807) is 12.1 Å². The molecule has 3 aromatic carbocycles. The number of fused-ring (bicyclic) bond motifs is 1. The minimum Gasteiger partial charge on any atom is -0.422 e. The Kier molecular flexibility index (Phi) is 5.13. The topological polar surface area (TPSA) is 63.7 Å². The van der Waals surface area contributed by atoms with Crippen LogP contribution in [-0.2, 0) is 10.0 Å². The average molecular weight is 434 g/mol. The van der Waals surface area contributed by atoms with Crippen LogP contribution in [0.15, 0.2) is 70.0 Å². The normalized spacial score (nSPS) is 11.7. The number of benzene rings is 3. The van der Waals surface area contributed by atoms with E-state index in [0.717, 1.165) is 15.1 Å². The fraction of sp³-hybridized carbons (Fsp3) is 0.105. The lowest BCUT2D eigenvalue weighted by molar-refractivity contribution is 0.0737. The van der Waals surface area contributed by atoms with Crippen LogP contribution in [-0.4, -0.2) is 32.8 Å². The first kappa shape index (κ1) is 18.6. The zero-order valence-corrected chi connectivity index (χ0v) is 16.5. The SMILES string of the molecule is CN(C)S(=O)(=O)c1cc(C(=O)Oc2cccc3ccccc23)ccc1Br. The number of halogens is 1. The number of esters is 1. The molecule has 0 aliphatic heterocycles. The van der Waals surface area contributed by atoms with Gasteiger partial charge < -0.3 is 4.74 Å². The number of ether oxygens (including phenoxy) is 1. The molecule has 0 aliphatic rings. The molecule has 0 saturated heterocycles. The first-order chi connectivity index (χ1) is 12.3.